The predicted octanol–water partition coefficient (Wildman–Crippen LogP) is 1.17. The average Bonchev–Trinajstić information content (AvgIpc) is 2.00. The Labute approximate surface area is 75.7 Å². The summed E-state index contributed by atoms with van der Waals surface area (Å²) in [6.07, 6.45) is 0. The fourth-order valence-corrected chi connectivity index (χ4v) is 3.46. The molecule has 0 saturated heterocycles. The molecular weight excluding hydrogens is 173 g/mol. The molecule has 5 heteroatoms. The molecule has 0 N–H and O–H groups in total. The summed E-state index contributed by atoms with van der Waals surface area (Å²) in [7, 11) is 6.78. The molecule has 12 heavy (non-hydrogen) atoms. The zero-order valence-corrected chi connectivity index (χ0v) is 9.80. The van der Waals surface area contributed by atoms with Crippen LogP contribution in [0.3, 0.4) is 0 Å². The third-order valence-corrected chi connectivity index (χ3v) is 5.20. The maximum atomic E-state index is 12.3. The van der Waals surface area contributed by atoms with Crippen molar-refractivity contribution in [3.63, 3.8) is 0 Å². The van der Waals surface area contributed by atoms with Gasteiger partial charge in [-0.2, -0.15) is 0 Å². The van der Waals surface area contributed by atoms with Crippen LogP contribution in [0, 0.1) is 0 Å². The minimum Gasteiger partial charge on any atom is -0.270 e. The Morgan fingerprint density at radius 1 is 1.00 bits per heavy atom. The summed E-state index contributed by atoms with van der Waals surface area (Å²) in [5.41, 5.74) is 0. The van der Waals surface area contributed by atoms with E-state index in [4.69, 9.17) is 0 Å². The monoisotopic (exact) mass is 193 g/mol. The van der Waals surface area contributed by atoms with E-state index in [9.17, 15) is 4.57 Å². The van der Waals surface area contributed by atoms with Gasteiger partial charge in [0, 0.05) is 6.54 Å². The number of hydrogen-bond acceptors (Lipinski definition) is 1. The number of nitrogens with zero attached hydrogens (tertiary/aromatic N) is 3. The van der Waals surface area contributed by atoms with Gasteiger partial charge in [-0.1, -0.05) is 6.92 Å². The van der Waals surface area contributed by atoms with Crippen LogP contribution in [0.25, 0.3) is 0 Å². The topological polar surface area (TPSA) is 26.8 Å². The van der Waals surface area contributed by atoms with Gasteiger partial charge in [0.2, 0.25) is 0 Å². The molecule has 0 aromatic heterocycles. The van der Waals surface area contributed by atoms with Gasteiger partial charge in [-0.05, 0) is 35.2 Å². The first kappa shape index (κ1) is 12.1. The molecule has 0 aliphatic carbocycles. The molecule has 0 aliphatic rings. The van der Waals surface area contributed by atoms with Crippen molar-refractivity contribution in [3.05, 3.63) is 0 Å². The molecule has 4 nitrogen and oxygen atoms in total. The van der Waals surface area contributed by atoms with Gasteiger partial charge in [0.05, 0.1) is 0 Å². The van der Waals surface area contributed by atoms with Crippen molar-refractivity contribution in [2.75, 3.05) is 41.8 Å². The second-order valence-electron chi connectivity index (χ2n) is 3.18. The van der Waals surface area contributed by atoms with Crippen molar-refractivity contribution in [1.29, 1.82) is 0 Å². The summed E-state index contributed by atoms with van der Waals surface area (Å²) in [6, 6.07) is 0. The van der Waals surface area contributed by atoms with Gasteiger partial charge >= 0.3 is 0 Å². The fourth-order valence-electron chi connectivity index (χ4n) is 1.15. The zero-order valence-electron chi connectivity index (χ0n) is 8.90. The average molecular weight is 193 g/mol. The third kappa shape index (κ3) is 2.07. The predicted molar refractivity (Wildman–Crippen MR) is 53.3 cm³/mol. The van der Waals surface area contributed by atoms with E-state index in [0.29, 0.717) is 0 Å². The molecule has 0 rings (SSSR count). The molecule has 0 amide bonds. The van der Waals surface area contributed by atoms with Gasteiger partial charge in [-0.3, -0.25) is 4.57 Å². The van der Waals surface area contributed by atoms with Crippen molar-refractivity contribution in [1.82, 2.24) is 14.0 Å². The molecule has 0 atom stereocenters. The van der Waals surface area contributed by atoms with Crippen LogP contribution in [-0.4, -0.2) is 55.8 Å². The van der Waals surface area contributed by atoms with E-state index >= 15 is 0 Å². The van der Waals surface area contributed by atoms with Crippen LogP contribution in [0.4, 0.5) is 0 Å². The lowest BCUT2D eigenvalue weighted by Gasteiger charge is -2.36. The van der Waals surface area contributed by atoms with E-state index < -0.39 is 7.59 Å². The van der Waals surface area contributed by atoms with Gasteiger partial charge in [0.1, 0.15) is 0 Å². The Hall–Kier alpha value is 0.110. The zero-order chi connectivity index (χ0) is 9.94. The number of hydrogen-bond donors (Lipinski definition) is 0. The molecule has 0 fully saturated rings. The van der Waals surface area contributed by atoms with Crippen molar-refractivity contribution in [2.24, 2.45) is 0 Å². The summed E-state index contributed by atoms with van der Waals surface area (Å²) >= 11 is 0. The highest BCUT2D eigenvalue weighted by Crippen LogP contribution is 2.51. The van der Waals surface area contributed by atoms with E-state index in [1.807, 2.05) is 46.8 Å². The highest BCUT2D eigenvalue weighted by molar-refractivity contribution is 7.56. The standard InChI is InChI=1S/C7H20N3OP/c1-7-10(6)12(11,8(2)3)9(4)5/h7H2,1-6H3. The van der Waals surface area contributed by atoms with Crippen molar-refractivity contribution in [3.8, 4) is 0 Å². The molecule has 0 spiro atoms. The van der Waals surface area contributed by atoms with Gasteiger partial charge in [-0.25, -0.2) is 14.0 Å². The lowest BCUT2D eigenvalue weighted by Crippen LogP contribution is -2.32. The molecule has 0 unspecified atom stereocenters. The van der Waals surface area contributed by atoms with Gasteiger partial charge in [0.15, 0.2) is 0 Å². The molecule has 0 aliphatic heterocycles. The minimum absolute atomic E-state index is 0.785. The Morgan fingerprint density at radius 2 is 1.33 bits per heavy atom. The Morgan fingerprint density at radius 3 is 1.42 bits per heavy atom. The summed E-state index contributed by atoms with van der Waals surface area (Å²) in [6.45, 7) is 2.79. The van der Waals surface area contributed by atoms with E-state index in [1.54, 1.807) is 9.34 Å². The molecule has 0 bridgehead atoms. The lowest BCUT2D eigenvalue weighted by molar-refractivity contribution is 0.365. The molecular formula is C7H20N3OP. The van der Waals surface area contributed by atoms with Crippen molar-refractivity contribution < 1.29 is 4.57 Å². The van der Waals surface area contributed by atoms with Crippen LogP contribution < -0.4 is 0 Å². The van der Waals surface area contributed by atoms with E-state index in [1.165, 1.54) is 0 Å². The summed E-state index contributed by atoms with van der Waals surface area (Å²) in [5, 5.41) is 0. The van der Waals surface area contributed by atoms with E-state index in [0.717, 1.165) is 6.54 Å². The second-order valence-corrected chi connectivity index (χ2v) is 6.49. The fraction of sp³-hybridized carbons (Fsp3) is 1.00. The molecule has 0 heterocycles. The summed E-state index contributed by atoms with van der Waals surface area (Å²) in [4.78, 5) is 0. The molecule has 74 valence electrons. The van der Waals surface area contributed by atoms with Gasteiger partial charge < -0.3 is 0 Å². The summed E-state index contributed by atoms with van der Waals surface area (Å²) < 4.78 is 17.7. The summed E-state index contributed by atoms with van der Waals surface area (Å²) in [5.74, 6) is 0. The van der Waals surface area contributed by atoms with Crippen LogP contribution in [0.1, 0.15) is 6.92 Å². The largest absolute Gasteiger partial charge is 0.285 e. The second kappa shape index (κ2) is 4.38. The lowest BCUT2D eigenvalue weighted by atomic mass is 10.8. The van der Waals surface area contributed by atoms with E-state index in [-0.39, 0.29) is 0 Å². The highest BCUT2D eigenvalue weighted by Gasteiger charge is 2.31. The maximum absolute atomic E-state index is 12.3. The van der Waals surface area contributed by atoms with Gasteiger partial charge in [-0.15, -0.1) is 0 Å². The van der Waals surface area contributed by atoms with Crippen molar-refractivity contribution >= 4 is 7.59 Å². The van der Waals surface area contributed by atoms with Crippen LogP contribution in [0.5, 0.6) is 0 Å². The van der Waals surface area contributed by atoms with Crippen LogP contribution in [0.2, 0.25) is 0 Å². The molecule has 0 radical (unpaired) electrons. The van der Waals surface area contributed by atoms with Crippen LogP contribution >= 0.6 is 7.59 Å². The minimum atomic E-state index is -2.45. The van der Waals surface area contributed by atoms with E-state index in [2.05, 4.69) is 0 Å². The quantitative estimate of drug-likeness (QED) is 0.626. The normalized spacial score (nSPS) is 13.4. The first-order valence-corrected chi connectivity index (χ1v) is 5.61. The Kier molecular flexibility index (Phi) is 4.42. The smallest absolute Gasteiger partial charge is 0.270 e. The number of rotatable bonds is 4. The molecule has 0 aromatic rings. The molecule has 0 aromatic carbocycles. The first-order valence-electron chi connectivity index (χ1n) is 4.04. The highest BCUT2D eigenvalue weighted by atomic mass is 31.2. The van der Waals surface area contributed by atoms with Crippen LogP contribution in [-0.2, 0) is 4.57 Å². The maximum Gasteiger partial charge on any atom is 0.285 e. The molecule has 0 saturated carbocycles. The Balaban J connectivity index is 4.75. The SMILES string of the molecule is CCN(C)P(=O)(N(C)C)N(C)C. The first-order chi connectivity index (χ1) is 5.37. The van der Waals surface area contributed by atoms with Crippen molar-refractivity contribution in [2.45, 2.75) is 6.92 Å². The third-order valence-electron chi connectivity index (χ3n) is 1.94. The Bertz CT molecular complexity index is 169. The van der Waals surface area contributed by atoms with Gasteiger partial charge in [0.25, 0.3) is 7.59 Å². The van der Waals surface area contributed by atoms with Crippen LogP contribution in [0.15, 0.2) is 0 Å².